The van der Waals surface area contributed by atoms with Gasteiger partial charge in [0.15, 0.2) is 0 Å². The van der Waals surface area contributed by atoms with E-state index in [0.717, 1.165) is 5.56 Å². The first-order valence-corrected chi connectivity index (χ1v) is 8.56. The molecule has 0 bridgehead atoms. The predicted octanol–water partition coefficient (Wildman–Crippen LogP) is 4.22. The highest BCUT2D eigenvalue weighted by atomic mass is 19.1. The summed E-state index contributed by atoms with van der Waals surface area (Å²) >= 11 is 0. The summed E-state index contributed by atoms with van der Waals surface area (Å²) in [5.74, 6) is 0.191. The first kappa shape index (κ1) is 17.3. The number of likely N-dealkylation sites (tertiary alicyclic amines) is 1. The van der Waals surface area contributed by atoms with E-state index in [1.165, 1.54) is 12.1 Å². The Bertz CT molecular complexity index is 707. The van der Waals surface area contributed by atoms with Gasteiger partial charge in [-0.25, -0.2) is 9.18 Å². The molecule has 2 atom stereocenters. The average Bonchev–Trinajstić information content (AvgIpc) is 2.63. The lowest BCUT2D eigenvalue weighted by molar-refractivity contribution is 0.0573. The summed E-state index contributed by atoms with van der Waals surface area (Å²) in [6.07, 6.45) is 0.233. The summed E-state index contributed by atoms with van der Waals surface area (Å²) in [5, 5.41) is 0. The lowest BCUT2D eigenvalue weighted by Crippen LogP contribution is -2.47. The minimum Gasteiger partial charge on any atom is -0.490 e. The third-order valence-corrected chi connectivity index (χ3v) is 4.39. The van der Waals surface area contributed by atoms with Gasteiger partial charge in [-0.15, -0.1) is 0 Å². The Morgan fingerprint density at radius 3 is 2.72 bits per heavy atom. The highest BCUT2D eigenvalue weighted by molar-refractivity contribution is 5.67. The second-order valence-electron chi connectivity index (χ2n) is 6.06. The molecular weight excluding hydrogens is 321 g/mol. The van der Waals surface area contributed by atoms with Crippen molar-refractivity contribution in [1.29, 1.82) is 0 Å². The Hall–Kier alpha value is -2.56. The van der Waals surface area contributed by atoms with Crippen LogP contribution in [0.1, 0.15) is 24.8 Å². The molecule has 0 radical (unpaired) electrons. The first-order valence-electron chi connectivity index (χ1n) is 8.56. The summed E-state index contributed by atoms with van der Waals surface area (Å²) in [4.78, 5) is 13.8. The Morgan fingerprint density at radius 1 is 1.20 bits per heavy atom. The van der Waals surface area contributed by atoms with Crippen molar-refractivity contribution in [3.8, 4) is 5.75 Å². The Morgan fingerprint density at radius 2 is 2.00 bits per heavy atom. The van der Waals surface area contributed by atoms with Gasteiger partial charge in [0, 0.05) is 31.5 Å². The zero-order valence-electron chi connectivity index (χ0n) is 14.2. The van der Waals surface area contributed by atoms with Crippen LogP contribution < -0.4 is 4.74 Å². The smallest absolute Gasteiger partial charge is 0.409 e. The summed E-state index contributed by atoms with van der Waals surface area (Å²) in [6.45, 7) is 3.23. The molecule has 1 amide bonds. The van der Waals surface area contributed by atoms with Crippen LogP contribution in [0.4, 0.5) is 9.18 Å². The maximum Gasteiger partial charge on any atom is 0.409 e. The SMILES string of the molecule is CCOC(=O)N1CCC(Oc2cccc(F)c2)C(c2ccccc2)C1. The molecule has 0 aliphatic carbocycles. The molecule has 0 saturated carbocycles. The molecule has 2 aromatic rings. The Kier molecular flexibility index (Phi) is 5.53. The highest BCUT2D eigenvalue weighted by Gasteiger charge is 2.34. The van der Waals surface area contributed by atoms with Crippen molar-refractivity contribution in [1.82, 2.24) is 4.90 Å². The molecular formula is C20H22FNO3. The normalized spacial score (nSPS) is 20.2. The largest absolute Gasteiger partial charge is 0.490 e. The zero-order chi connectivity index (χ0) is 17.6. The fraction of sp³-hybridized carbons (Fsp3) is 0.350. The van der Waals surface area contributed by atoms with E-state index in [-0.39, 0.29) is 23.9 Å². The van der Waals surface area contributed by atoms with E-state index in [2.05, 4.69) is 0 Å². The zero-order valence-corrected chi connectivity index (χ0v) is 14.2. The molecule has 4 nitrogen and oxygen atoms in total. The van der Waals surface area contributed by atoms with Gasteiger partial charge in [-0.1, -0.05) is 36.4 Å². The number of carbonyl (C=O) groups is 1. The molecule has 25 heavy (non-hydrogen) atoms. The molecule has 0 spiro atoms. The number of hydrogen-bond donors (Lipinski definition) is 0. The van der Waals surface area contributed by atoms with Crippen molar-refractivity contribution in [2.24, 2.45) is 0 Å². The standard InChI is InChI=1S/C20H22FNO3/c1-2-24-20(23)22-12-11-19(25-17-10-6-9-16(21)13-17)18(14-22)15-7-4-3-5-8-15/h3-10,13,18-19H,2,11-12,14H2,1H3. The van der Waals surface area contributed by atoms with Crippen LogP contribution >= 0.6 is 0 Å². The van der Waals surface area contributed by atoms with Gasteiger partial charge in [-0.3, -0.25) is 0 Å². The minimum atomic E-state index is -0.322. The van der Waals surface area contributed by atoms with E-state index in [1.807, 2.05) is 30.3 Å². The summed E-state index contributed by atoms with van der Waals surface area (Å²) in [7, 11) is 0. The van der Waals surface area contributed by atoms with Crippen molar-refractivity contribution in [3.63, 3.8) is 0 Å². The van der Waals surface area contributed by atoms with Crippen LogP contribution in [0.3, 0.4) is 0 Å². The number of piperidine rings is 1. The Labute approximate surface area is 147 Å². The maximum absolute atomic E-state index is 13.4. The highest BCUT2D eigenvalue weighted by Crippen LogP contribution is 2.31. The molecule has 0 N–H and O–H groups in total. The molecule has 1 fully saturated rings. The van der Waals surface area contributed by atoms with Gasteiger partial charge in [0.1, 0.15) is 17.7 Å². The molecule has 132 valence electrons. The van der Waals surface area contributed by atoms with Gasteiger partial charge < -0.3 is 14.4 Å². The molecule has 1 saturated heterocycles. The van der Waals surface area contributed by atoms with Gasteiger partial charge in [0.25, 0.3) is 0 Å². The van der Waals surface area contributed by atoms with Gasteiger partial charge in [0.2, 0.25) is 0 Å². The number of benzene rings is 2. The van der Waals surface area contributed by atoms with E-state index >= 15 is 0 Å². The molecule has 3 rings (SSSR count). The van der Waals surface area contributed by atoms with E-state index in [0.29, 0.717) is 31.9 Å². The number of hydrogen-bond acceptors (Lipinski definition) is 3. The van der Waals surface area contributed by atoms with Gasteiger partial charge in [-0.2, -0.15) is 0 Å². The van der Waals surface area contributed by atoms with Gasteiger partial charge >= 0.3 is 6.09 Å². The third-order valence-electron chi connectivity index (χ3n) is 4.39. The van der Waals surface area contributed by atoms with Crippen molar-refractivity contribution >= 4 is 6.09 Å². The van der Waals surface area contributed by atoms with Crippen molar-refractivity contribution in [2.75, 3.05) is 19.7 Å². The summed E-state index contributed by atoms with van der Waals surface area (Å²) < 4.78 is 24.6. The fourth-order valence-corrected chi connectivity index (χ4v) is 3.19. The molecule has 1 aliphatic heterocycles. The number of carbonyl (C=O) groups excluding carboxylic acids is 1. The number of ether oxygens (including phenoxy) is 2. The monoisotopic (exact) mass is 343 g/mol. The molecule has 0 aromatic heterocycles. The molecule has 2 aromatic carbocycles. The lowest BCUT2D eigenvalue weighted by Gasteiger charge is -2.38. The van der Waals surface area contributed by atoms with E-state index < -0.39 is 0 Å². The van der Waals surface area contributed by atoms with Crippen LogP contribution in [0.5, 0.6) is 5.75 Å². The van der Waals surface area contributed by atoms with E-state index in [1.54, 1.807) is 24.0 Å². The molecule has 5 heteroatoms. The first-order chi connectivity index (χ1) is 12.2. The topological polar surface area (TPSA) is 38.8 Å². The lowest BCUT2D eigenvalue weighted by atomic mass is 9.88. The van der Waals surface area contributed by atoms with Crippen LogP contribution in [-0.2, 0) is 4.74 Å². The molecule has 1 heterocycles. The van der Waals surface area contributed by atoms with E-state index in [9.17, 15) is 9.18 Å². The van der Waals surface area contributed by atoms with Crippen LogP contribution in [0.2, 0.25) is 0 Å². The van der Waals surface area contributed by atoms with Crippen molar-refractivity contribution < 1.29 is 18.7 Å². The summed E-state index contributed by atoms with van der Waals surface area (Å²) in [6, 6.07) is 16.1. The molecule has 1 aliphatic rings. The van der Waals surface area contributed by atoms with Gasteiger partial charge in [0.05, 0.1) is 6.61 Å². The number of amides is 1. The van der Waals surface area contributed by atoms with Crippen LogP contribution in [0.15, 0.2) is 54.6 Å². The predicted molar refractivity (Wildman–Crippen MR) is 93.2 cm³/mol. The van der Waals surface area contributed by atoms with Gasteiger partial charge in [-0.05, 0) is 24.6 Å². The Balaban J connectivity index is 1.80. The van der Waals surface area contributed by atoms with Crippen LogP contribution in [0.25, 0.3) is 0 Å². The quantitative estimate of drug-likeness (QED) is 0.834. The number of nitrogens with zero attached hydrogens (tertiary/aromatic N) is 1. The molecule has 2 unspecified atom stereocenters. The second-order valence-corrected chi connectivity index (χ2v) is 6.06. The number of halogens is 1. The summed E-state index contributed by atoms with van der Waals surface area (Å²) in [5.41, 5.74) is 1.10. The average molecular weight is 343 g/mol. The fourth-order valence-electron chi connectivity index (χ4n) is 3.19. The third kappa shape index (κ3) is 4.29. The second kappa shape index (κ2) is 8.01. The van der Waals surface area contributed by atoms with E-state index in [4.69, 9.17) is 9.47 Å². The minimum absolute atomic E-state index is 0.00243. The van der Waals surface area contributed by atoms with Crippen LogP contribution in [-0.4, -0.2) is 36.8 Å². The van der Waals surface area contributed by atoms with Crippen molar-refractivity contribution in [3.05, 3.63) is 66.0 Å². The van der Waals surface area contributed by atoms with Crippen LogP contribution in [0, 0.1) is 5.82 Å². The maximum atomic E-state index is 13.4. The van der Waals surface area contributed by atoms with Crippen molar-refractivity contribution in [2.45, 2.75) is 25.4 Å². The number of rotatable bonds is 4.